The topological polar surface area (TPSA) is 26.0 Å². The third kappa shape index (κ3) is 1.17. The molecule has 0 saturated heterocycles. The van der Waals surface area contributed by atoms with Crippen LogP contribution < -0.4 is 5.73 Å². The molecule has 0 aliphatic heterocycles. The van der Waals surface area contributed by atoms with E-state index in [2.05, 4.69) is 17.5 Å². The molecule has 0 radical (unpaired) electrons. The molecule has 76 valence electrons. The molecule has 0 aromatic carbocycles. The number of fused-ring (bicyclic) bond motifs is 3. The second-order valence-electron chi connectivity index (χ2n) is 5.12. The van der Waals surface area contributed by atoms with Crippen molar-refractivity contribution in [3.8, 4) is 0 Å². The molecule has 3 saturated carbocycles. The van der Waals surface area contributed by atoms with E-state index in [9.17, 15) is 0 Å². The van der Waals surface area contributed by atoms with E-state index in [0.29, 0.717) is 5.41 Å². The van der Waals surface area contributed by atoms with Crippen LogP contribution in [0.25, 0.3) is 0 Å². The lowest BCUT2D eigenvalue weighted by molar-refractivity contribution is 0.110. The Balaban J connectivity index is 1.93. The largest absolute Gasteiger partial charge is 0.325 e. The van der Waals surface area contributed by atoms with Gasteiger partial charge in [0.15, 0.2) is 0 Å². The van der Waals surface area contributed by atoms with Crippen LogP contribution in [-0.2, 0) is 5.41 Å². The minimum absolute atomic E-state index is 0.207. The van der Waals surface area contributed by atoms with Crippen molar-refractivity contribution in [2.24, 2.45) is 5.73 Å². The first-order chi connectivity index (χ1) is 6.73. The monoisotopic (exact) mass is 207 g/mol. The average Bonchev–Trinajstić information content (AvgIpc) is 2.73. The molecular formula is C12H17NS. The fourth-order valence-electron chi connectivity index (χ4n) is 3.16. The molecule has 1 aromatic rings. The Morgan fingerprint density at radius 2 is 1.71 bits per heavy atom. The number of hydrogen-bond acceptors (Lipinski definition) is 2. The molecule has 2 N–H and O–H groups in total. The van der Waals surface area contributed by atoms with Crippen molar-refractivity contribution in [2.75, 3.05) is 0 Å². The molecule has 3 aliphatic rings. The second-order valence-corrected chi connectivity index (χ2v) is 6.07. The normalized spacial score (nSPS) is 41.5. The maximum Gasteiger partial charge on any atom is 0.0155 e. The highest BCUT2D eigenvalue weighted by Crippen LogP contribution is 2.53. The van der Waals surface area contributed by atoms with Gasteiger partial charge in [-0.2, -0.15) is 0 Å². The van der Waals surface area contributed by atoms with Gasteiger partial charge >= 0.3 is 0 Å². The lowest BCUT2D eigenvalue weighted by Gasteiger charge is -2.51. The van der Waals surface area contributed by atoms with Gasteiger partial charge < -0.3 is 5.73 Å². The Hall–Kier alpha value is -0.340. The van der Waals surface area contributed by atoms with E-state index in [4.69, 9.17) is 5.73 Å². The third-order valence-corrected chi connectivity index (χ3v) is 5.46. The molecule has 1 heterocycles. The van der Waals surface area contributed by atoms with Crippen LogP contribution in [0.1, 0.15) is 43.4 Å². The first-order valence-electron chi connectivity index (χ1n) is 5.56. The van der Waals surface area contributed by atoms with E-state index in [1.165, 1.54) is 38.5 Å². The van der Waals surface area contributed by atoms with Gasteiger partial charge in [0.05, 0.1) is 0 Å². The summed E-state index contributed by atoms with van der Waals surface area (Å²) in [4.78, 5) is 1.61. The Morgan fingerprint density at radius 1 is 1.07 bits per heavy atom. The summed E-state index contributed by atoms with van der Waals surface area (Å²) in [5, 5.41) is 2.21. The van der Waals surface area contributed by atoms with Gasteiger partial charge in [-0.1, -0.05) is 6.07 Å². The molecule has 0 amide bonds. The van der Waals surface area contributed by atoms with Gasteiger partial charge in [0.25, 0.3) is 0 Å². The van der Waals surface area contributed by atoms with Crippen molar-refractivity contribution in [1.82, 2.24) is 0 Å². The van der Waals surface area contributed by atoms with Gasteiger partial charge in [-0.15, -0.1) is 11.3 Å². The highest BCUT2D eigenvalue weighted by molar-refractivity contribution is 7.10. The molecule has 0 unspecified atom stereocenters. The van der Waals surface area contributed by atoms with E-state index in [1.54, 1.807) is 4.88 Å². The van der Waals surface area contributed by atoms with Crippen LogP contribution in [0.3, 0.4) is 0 Å². The fourth-order valence-corrected chi connectivity index (χ4v) is 4.18. The Bertz CT molecular complexity index is 304. The zero-order chi connectivity index (χ0) is 9.65. The van der Waals surface area contributed by atoms with Gasteiger partial charge in [0.1, 0.15) is 0 Å². The van der Waals surface area contributed by atoms with Crippen LogP contribution in [0, 0.1) is 0 Å². The van der Waals surface area contributed by atoms with Gasteiger partial charge in [-0.3, -0.25) is 0 Å². The summed E-state index contributed by atoms with van der Waals surface area (Å²) < 4.78 is 0. The molecule has 1 nitrogen and oxygen atoms in total. The summed E-state index contributed by atoms with van der Waals surface area (Å²) in [6.07, 6.45) is 7.69. The van der Waals surface area contributed by atoms with Crippen LogP contribution in [-0.4, -0.2) is 5.54 Å². The lowest BCUT2D eigenvalue weighted by atomic mass is 9.57. The molecule has 3 fully saturated rings. The first kappa shape index (κ1) is 8.93. The molecule has 0 atom stereocenters. The van der Waals surface area contributed by atoms with Gasteiger partial charge in [-0.05, 0) is 50.0 Å². The van der Waals surface area contributed by atoms with E-state index in [1.807, 2.05) is 11.3 Å². The Kier molecular flexibility index (Phi) is 1.80. The zero-order valence-corrected chi connectivity index (χ0v) is 9.28. The SMILES string of the molecule is NC12CCC(c3cccs3)(CC1)CC2. The molecule has 1 aromatic heterocycles. The smallest absolute Gasteiger partial charge is 0.0155 e. The summed E-state index contributed by atoms with van der Waals surface area (Å²) in [5.74, 6) is 0. The zero-order valence-electron chi connectivity index (χ0n) is 8.46. The molecule has 14 heavy (non-hydrogen) atoms. The Morgan fingerprint density at radius 3 is 2.21 bits per heavy atom. The molecule has 2 bridgehead atoms. The third-order valence-electron chi connectivity index (χ3n) is 4.35. The lowest BCUT2D eigenvalue weighted by Crippen LogP contribution is -2.53. The van der Waals surface area contributed by atoms with Crippen LogP contribution in [0.2, 0.25) is 0 Å². The summed E-state index contributed by atoms with van der Waals surface area (Å²) >= 11 is 1.94. The number of rotatable bonds is 1. The van der Waals surface area contributed by atoms with Gasteiger partial charge in [-0.25, -0.2) is 0 Å². The van der Waals surface area contributed by atoms with Crippen molar-refractivity contribution in [2.45, 2.75) is 49.5 Å². The standard InChI is InChI=1S/C12H17NS/c13-12-6-3-11(4-7-12,5-8-12)10-2-1-9-14-10/h1-2,9H,3-8,13H2. The Labute approximate surface area is 89.3 Å². The van der Waals surface area contributed by atoms with Crippen LogP contribution in [0.5, 0.6) is 0 Å². The summed E-state index contributed by atoms with van der Waals surface area (Å²) in [6.45, 7) is 0. The van der Waals surface area contributed by atoms with Crippen LogP contribution in [0.15, 0.2) is 17.5 Å². The van der Waals surface area contributed by atoms with Crippen molar-refractivity contribution in [1.29, 1.82) is 0 Å². The molecule has 4 rings (SSSR count). The van der Waals surface area contributed by atoms with Crippen molar-refractivity contribution in [3.05, 3.63) is 22.4 Å². The van der Waals surface area contributed by atoms with Crippen LogP contribution >= 0.6 is 11.3 Å². The molecule has 0 spiro atoms. The summed E-state index contributed by atoms with van der Waals surface area (Å²) in [5.41, 5.74) is 7.04. The minimum atomic E-state index is 0.207. The molecule has 2 heteroatoms. The summed E-state index contributed by atoms with van der Waals surface area (Å²) in [7, 11) is 0. The average molecular weight is 207 g/mol. The predicted molar refractivity (Wildman–Crippen MR) is 60.6 cm³/mol. The molecular weight excluding hydrogens is 190 g/mol. The van der Waals surface area contributed by atoms with E-state index in [-0.39, 0.29) is 5.54 Å². The predicted octanol–water partition coefficient (Wildman–Crippen LogP) is 3.05. The highest BCUT2D eigenvalue weighted by Gasteiger charge is 2.47. The van der Waals surface area contributed by atoms with Gasteiger partial charge in [0, 0.05) is 15.8 Å². The highest BCUT2D eigenvalue weighted by atomic mass is 32.1. The minimum Gasteiger partial charge on any atom is -0.325 e. The van der Waals surface area contributed by atoms with E-state index >= 15 is 0 Å². The maximum absolute atomic E-state index is 6.31. The quantitative estimate of drug-likeness (QED) is 0.752. The fraction of sp³-hybridized carbons (Fsp3) is 0.667. The van der Waals surface area contributed by atoms with Gasteiger partial charge in [0.2, 0.25) is 0 Å². The van der Waals surface area contributed by atoms with Crippen molar-refractivity contribution >= 4 is 11.3 Å². The van der Waals surface area contributed by atoms with Crippen molar-refractivity contribution < 1.29 is 0 Å². The van der Waals surface area contributed by atoms with E-state index < -0.39 is 0 Å². The maximum atomic E-state index is 6.31. The first-order valence-corrected chi connectivity index (χ1v) is 6.43. The van der Waals surface area contributed by atoms with Crippen LogP contribution in [0.4, 0.5) is 0 Å². The van der Waals surface area contributed by atoms with E-state index in [0.717, 1.165) is 0 Å². The summed E-state index contributed by atoms with van der Waals surface area (Å²) in [6, 6.07) is 4.51. The van der Waals surface area contributed by atoms with Crippen molar-refractivity contribution in [3.63, 3.8) is 0 Å². The molecule has 3 aliphatic carbocycles. The second kappa shape index (κ2) is 2.83. The number of nitrogens with two attached hydrogens (primary N) is 1. The number of hydrogen-bond donors (Lipinski definition) is 1. The number of thiophene rings is 1.